The Morgan fingerprint density at radius 3 is 2.61 bits per heavy atom. The molecule has 120 valence electrons. The Morgan fingerprint density at radius 1 is 1.13 bits per heavy atom. The number of hydrogen-bond acceptors (Lipinski definition) is 3. The van der Waals surface area contributed by atoms with Gasteiger partial charge < -0.3 is 15.5 Å². The Labute approximate surface area is 140 Å². The fraction of sp³-hybridized carbons (Fsp3) is 0.389. The van der Waals surface area contributed by atoms with E-state index in [4.69, 9.17) is 0 Å². The van der Waals surface area contributed by atoms with Gasteiger partial charge in [0.15, 0.2) is 0 Å². The highest BCUT2D eigenvalue weighted by Crippen LogP contribution is 2.33. The van der Waals surface area contributed by atoms with E-state index >= 15 is 0 Å². The highest BCUT2D eigenvalue weighted by Gasteiger charge is 2.34. The zero-order valence-corrected chi connectivity index (χ0v) is 13.8. The second-order valence-electron chi connectivity index (χ2n) is 6.37. The molecule has 3 saturated heterocycles. The first-order chi connectivity index (χ1) is 11.3. The number of anilines is 1. The van der Waals surface area contributed by atoms with E-state index in [9.17, 15) is 4.79 Å². The van der Waals surface area contributed by atoms with Crippen LogP contribution in [0.2, 0.25) is 0 Å². The number of nitrogens with one attached hydrogen (secondary N) is 2. The molecule has 3 aliphatic heterocycles. The van der Waals surface area contributed by atoms with Gasteiger partial charge in [-0.15, -0.1) is 11.3 Å². The number of carbonyl (C=O) groups excluding carboxylic acids is 1. The Balaban J connectivity index is 1.43. The second kappa shape index (κ2) is 6.34. The van der Waals surface area contributed by atoms with Crippen molar-refractivity contribution in [1.29, 1.82) is 0 Å². The number of urea groups is 1. The van der Waals surface area contributed by atoms with Crippen LogP contribution in [0.5, 0.6) is 0 Å². The topological polar surface area (TPSA) is 44.4 Å². The van der Waals surface area contributed by atoms with Crippen molar-refractivity contribution >= 4 is 23.1 Å². The van der Waals surface area contributed by atoms with Crippen molar-refractivity contribution in [3.8, 4) is 10.4 Å². The van der Waals surface area contributed by atoms with Crippen LogP contribution in [0.25, 0.3) is 10.4 Å². The normalized spacial score (nSPS) is 26.0. The van der Waals surface area contributed by atoms with Crippen LogP contribution in [-0.2, 0) is 0 Å². The van der Waals surface area contributed by atoms with Crippen LogP contribution in [0.1, 0.15) is 12.8 Å². The molecule has 3 aliphatic rings. The predicted molar refractivity (Wildman–Crippen MR) is 94.9 cm³/mol. The van der Waals surface area contributed by atoms with Crippen LogP contribution < -0.4 is 10.6 Å². The van der Waals surface area contributed by atoms with Gasteiger partial charge in [0.1, 0.15) is 0 Å². The van der Waals surface area contributed by atoms with Gasteiger partial charge in [0.05, 0.1) is 10.6 Å². The standard InChI is InChI=1S/C18H21N3OS/c22-18(20-16-12-21-9-6-13(16)7-10-21)19-15-8-11-23-17(15)14-4-2-1-3-5-14/h1-5,8,11,13,16H,6-7,9-10,12H2,(H2,19,20,22). The molecule has 1 aromatic carbocycles. The van der Waals surface area contributed by atoms with E-state index in [1.54, 1.807) is 11.3 Å². The summed E-state index contributed by atoms with van der Waals surface area (Å²) in [4.78, 5) is 16.0. The van der Waals surface area contributed by atoms with E-state index in [0.717, 1.165) is 22.7 Å². The zero-order valence-electron chi connectivity index (χ0n) is 13.0. The third-order valence-corrected chi connectivity index (χ3v) is 5.89. The molecule has 23 heavy (non-hydrogen) atoms. The molecule has 1 atom stereocenters. The van der Waals surface area contributed by atoms with Gasteiger partial charge in [0.2, 0.25) is 0 Å². The van der Waals surface area contributed by atoms with Crippen molar-refractivity contribution in [2.45, 2.75) is 18.9 Å². The molecule has 3 fully saturated rings. The van der Waals surface area contributed by atoms with Crippen molar-refractivity contribution in [2.75, 3.05) is 25.0 Å². The molecule has 4 heterocycles. The van der Waals surface area contributed by atoms with Crippen LogP contribution in [0.15, 0.2) is 41.8 Å². The van der Waals surface area contributed by atoms with Crippen molar-refractivity contribution in [3.63, 3.8) is 0 Å². The molecule has 1 aromatic heterocycles. The van der Waals surface area contributed by atoms with E-state index in [0.29, 0.717) is 5.92 Å². The van der Waals surface area contributed by atoms with Gasteiger partial charge >= 0.3 is 6.03 Å². The average Bonchev–Trinajstić information content (AvgIpc) is 3.04. The number of piperidine rings is 3. The minimum absolute atomic E-state index is 0.0840. The lowest BCUT2D eigenvalue weighted by Gasteiger charge is -2.44. The summed E-state index contributed by atoms with van der Waals surface area (Å²) in [5.41, 5.74) is 2.03. The number of nitrogens with zero attached hydrogens (tertiary/aromatic N) is 1. The highest BCUT2D eigenvalue weighted by atomic mass is 32.1. The maximum absolute atomic E-state index is 12.4. The first-order valence-electron chi connectivity index (χ1n) is 8.22. The largest absolute Gasteiger partial charge is 0.334 e. The lowest BCUT2D eigenvalue weighted by Crippen LogP contribution is -2.57. The van der Waals surface area contributed by atoms with Crippen LogP contribution >= 0.6 is 11.3 Å². The van der Waals surface area contributed by atoms with Crippen LogP contribution in [-0.4, -0.2) is 36.6 Å². The van der Waals surface area contributed by atoms with Crippen molar-refractivity contribution < 1.29 is 4.79 Å². The summed E-state index contributed by atoms with van der Waals surface area (Å²) in [6.07, 6.45) is 2.41. The summed E-state index contributed by atoms with van der Waals surface area (Å²) in [5.74, 6) is 0.641. The monoisotopic (exact) mass is 327 g/mol. The number of amides is 2. The maximum atomic E-state index is 12.4. The number of thiophene rings is 1. The molecule has 0 spiro atoms. The van der Waals surface area contributed by atoms with E-state index in [1.807, 2.05) is 29.6 Å². The Hall–Kier alpha value is -1.85. The van der Waals surface area contributed by atoms with Gasteiger partial charge in [-0.05, 0) is 48.9 Å². The Morgan fingerprint density at radius 2 is 1.91 bits per heavy atom. The van der Waals surface area contributed by atoms with Crippen molar-refractivity contribution in [1.82, 2.24) is 10.2 Å². The number of fused-ring (bicyclic) bond motifs is 3. The molecule has 0 saturated carbocycles. The molecule has 2 aromatic rings. The first-order valence-corrected chi connectivity index (χ1v) is 9.10. The number of carbonyl (C=O) groups is 1. The van der Waals surface area contributed by atoms with E-state index in [1.165, 1.54) is 25.9 Å². The summed E-state index contributed by atoms with van der Waals surface area (Å²) in [6.45, 7) is 3.37. The number of benzene rings is 1. The second-order valence-corrected chi connectivity index (χ2v) is 7.29. The van der Waals surface area contributed by atoms with Gasteiger partial charge in [0, 0.05) is 12.6 Å². The minimum atomic E-state index is -0.0840. The van der Waals surface area contributed by atoms with Crippen LogP contribution in [0, 0.1) is 5.92 Å². The smallest absolute Gasteiger partial charge is 0.319 e. The van der Waals surface area contributed by atoms with E-state index < -0.39 is 0 Å². The molecular weight excluding hydrogens is 306 g/mol. The third-order valence-electron chi connectivity index (χ3n) is 4.92. The Kier molecular flexibility index (Phi) is 4.06. The lowest BCUT2D eigenvalue weighted by atomic mass is 9.84. The highest BCUT2D eigenvalue weighted by molar-refractivity contribution is 7.14. The zero-order chi connectivity index (χ0) is 15.6. The van der Waals surface area contributed by atoms with Crippen molar-refractivity contribution in [2.24, 2.45) is 5.92 Å². The molecule has 0 radical (unpaired) electrons. The lowest BCUT2D eigenvalue weighted by molar-refractivity contribution is 0.0777. The summed E-state index contributed by atoms with van der Waals surface area (Å²) in [7, 11) is 0. The van der Waals surface area contributed by atoms with Gasteiger partial charge in [-0.1, -0.05) is 30.3 Å². The minimum Gasteiger partial charge on any atom is -0.334 e. The summed E-state index contributed by atoms with van der Waals surface area (Å²) in [5, 5.41) is 8.24. The average molecular weight is 327 g/mol. The molecule has 5 rings (SSSR count). The molecule has 0 aliphatic carbocycles. The molecule has 2 N–H and O–H groups in total. The number of hydrogen-bond donors (Lipinski definition) is 2. The molecule has 4 nitrogen and oxygen atoms in total. The molecule has 5 heteroatoms. The molecule has 1 unspecified atom stereocenters. The van der Waals surface area contributed by atoms with Gasteiger partial charge in [-0.2, -0.15) is 0 Å². The quantitative estimate of drug-likeness (QED) is 0.904. The molecule has 2 bridgehead atoms. The van der Waals surface area contributed by atoms with Crippen LogP contribution in [0.4, 0.5) is 10.5 Å². The predicted octanol–water partition coefficient (Wildman–Crippen LogP) is 3.63. The van der Waals surface area contributed by atoms with Crippen LogP contribution in [0.3, 0.4) is 0 Å². The fourth-order valence-electron chi connectivity index (χ4n) is 3.68. The fourth-order valence-corrected chi connectivity index (χ4v) is 4.53. The van der Waals surface area contributed by atoms with Gasteiger partial charge in [0.25, 0.3) is 0 Å². The number of rotatable bonds is 3. The van der Waals surface area contributed by atoms with Gasteiger partial charge in [-0.25, -0.2) is 4.79 Å². The Bertz CT molecular complexity index is 677. The molecular formula is C18H21N3OS. The SMILES string of the molecule is O=C(Nc1ccsc1-c1ccccc1)NC1CN2CCC1CC2. The van der Waals surface area contributed by atoms with E-state index in [2.05, 4.69) is 27.7 Å². The first kappa shape index (κ1) is 14.7. The maximum Gasteiger partial charge on any atom is 0.319 e. The van der Waals surface area contributed by atoms with Gasteiger partial charge in [-0.3, -0.25) is 0 Å². The summed E-state index contributed by atoms with van der Waals surface area (Å²) >= 11 is 1.65. The molecule has 2 amide bonds. The third kappa shape index (κ3) is 3.12. The summed E-state index contributed by atoms with van der Waals surface area (Å²) < 4.78 is 0. The van der Waals surface area contributed by atoms with E-state index in [-0.39, 0.29) is 12.1 Å². The summed E-state index contributed by atoms with van der Waals surface area (Å²) in [6, 6.07) is 12.4. The van der Waals surface area contributed by atoms with Crippen molar-refractivity contribution in [3.05, 3.63) is 41.8 Å².